The standard InChI is InChI=1S/C15H17ClN4OS/c1-2-12(21)17-9-3-5-10(6-4-9)18-14-13-11(7-8-22-13)19-15(16)20-14/h2,7-10H,1,3-6H2,(H,17,21)(H,18,19,20). The number of carbonyl (C=O) groups excluding carboxylic acids is 1. The summed E-state index contributed by atoms with van der Waals surface area (Å²) in [4.78, 5) is 19.9. The summed E-state index contributed by atoms with van der Waals surface area (Å²) in [7, 11) is 0. The maximum Gasteiger partial charge on any atom is 0.243 e. The van der Waals surface area contributed by atoms with Gasteiger partial charge in [0.05, 0.1) is 10.2 Å². The fourth-order valence-corrected chi connectivity index (χ4v) is 3.73. The Bertz CT molecular complexity index is 694. The molecule has 0 spiro atoms. The number of nitrogens with one attached hydrogen (secondary N) is 2. The van der Waals surface area contributed by atoms with E-state index in [9.17, 15) is 4.79 Å². The van der Waals surface area contributed by atoms with Gasteiger partial charge in [0, 0.05) is 12.1 Å². The molecule has 0 aliphatic heterocycles. The molecule has 1 aliphatic rings. The second-order valence-electron chi connectivity index (χ2n) is 5.38. The molecule has 1 amide bonds. The monoisotopic (exact) mass is 336 g/mol. The Kier molecular flexibility index (Phi) is 4.59. The number of nitrogens with zero attached hydrogens (tertiary/aromatic N) is 2. The van der Waals surface area contributed by atoms with Gasteiger partial charge in [0.1, 0.15) is 5.82 Å². The minimum absolute atomic E-state index is 0.0979. The summed E-state index contributed by atoms with van der Waals surface area (Å²) in [6.07, 6.45) is 5.18. The van der Waals surface area contributed by atoms with Crippen LogP contribution in [-0.2, 0) is 4.79 Å². The lowest BCUT2D eigenvalue weighted by atomic mass is 9.91. The van der Waals surface area contributed by atoms with Gasteiger partial charge in [-0.15, -0.1) is 11.3 Å². The lowest BCUT2D eigenvalue weighted by Gasteiger charge is -2.29. The summed E-state index contributed by atoms with van der Waals surface area (Å²) in [5.74, 6) is 0.711. The Morgan fingerprint density at radius 3 is 2.77 bits per heavy atom. The van der Waals surface area contributed by atoms with Crippen molar-refractivity contribution in [3.05, 3.63) is 29.4 Å². The molecule has 22 heavy (non-hydrogen) atoms. The highest BCUT2D eigenvalue weighted by Gasteiger charge is 2.23. The molecule has 116 valence electrons. The van der Waals surface area contributed by atoms with Crippen LogP contribution in [0.25, 0.3) is 10.2 Å². The fraction of sp³-hybridized carbons (Fsp3) is 0.400. The van der Waals surface area contributed by atoms with Gasteiger partial charge < -0.3 is 10.6 Å². The Morgan fingerprint density at radius 2 is 2.05 bits per heavy atom. The van der Waals surface area contributed by atoms with Crippen molar-refractivity contribution in [3.63, 3.8) is 0 Å². The van der Waals surface area contributed by atoms with E-state index < -0.39 is 0 Å². The van der Waals surface area contributed by atoms with Crippen LogP contribution in [0.3, 0.4) is 0 Å². The molecule has 2 N–H and O–H groups in total. The van der Waals surface area contributed by atoms with Crippen molar-refractivity contribution in [1.82, 2.24) is 15.3 Å². The van der Waals surface area contributed by atoms with Crippen molar-refractivity contribution in [2.45, 2.75) is 37.8 Å². The topological polar surface area (TPSA) is 66.9 Å². The molecule has 0 radical (unpaired) electrons. The molecule has 2 aromatic rings. The number of thiophene rings is 1. The highest BCUT2D eigenvalue weighted by Crippen LogP contribution is 2.30. The zero-order valence-electron chi connectivity index (χ0n) is 12.0. The Hall–Kier alpha value is -1.66. The van der Waals surface area contributed by atoms with Crippen LogP contribution in [0.4, 0.5) is 5.82 Å². The zero-order chi connectivity index (χ0) is 15.5. The molecule has 2 aromatic heterocycles. The van der Waals surface area contributed by atoms with E-state index in [1.54, 1.807) is 11.3 Å². The van der Waals surface area contributed by atoms with Crippen LogP contribution in [0.5, 0.6) is 0 Å². The van der Waals surface area contributed by atoms with E-state index in [0.29, 0.717) is 6.04 Å². The second kappa shape index (κ2) is 6.62. The van der Waals surface area contributed by atoms with Crippen molar-refractivity contribution in [3.8, 4) is 0 Å². The molecule has 1 aliphatic carbocycles. The first-order valence-corrected chi connectivity index (χ1v) is 8.51. The summed E-state index contributed by atoms with van der Waals surface area (Å²) >= 11 is 7.59. The molecule has 0 bridgehead atoms. The van der Waals surface area contributed by atoms with Crippen LogP contribution in [0.1, 0.15) is 25.7 Å². The van der Waals surface area contributed by atoms with Crippen molar-refractivity contribution in [2.24, 2.45) is 0 Å². The zero-order valence-corrected chi connectivity index (χ0v) is 13.6. The van der Waals surface area contributed by atoms with Gasteiger partial charge in [-0.2, -0.15) is 4.98 Å². The van der Waals surface area contributed by atoms with Crippen molar-refractivity contribution < 1.29 is 4.79 Å². The van der Waals surface area contributed by atoms with Gasteiger partial charge in [-0.05, 0) is 54.8 Å². The minimum Gasteiger partial charge on any atom is -0.366 e. The molecular weight excluding hydrogens is 320 g/mol. The van der Waals surface area contributed by atoms with E-state index in [2.05, 4.69) is 27.2 Å². The lowest BCUT2D eigenvalue weighted by molar-refractivity contribution is -0.117. The number of hydrogen-bond donors (Lipinski definition) is 2. The van der Waals surface area contributed by atoms with E-state index in [-0.39, 0.29) is 17.2 Å². The first-order chi connectivity index (χ1) is 10.7. The van der Waals surface area contributed by atoms with Crippen molar-refractivity contribution >= 4 is 44.9 Å². The number of halogens is 1. The predicted octanol–water partition coefficient (Wildman–Crippen LogP) is 3.37. The normalized spacial score (nSPS) is 21.5. The number of amides is 1. The van der Waals surface area contributed by atoms with Crippen LogP contribution in [0.2, 0.25) is 5.28 Å². The van der Waals surface area contributed by atoms with E-state index in [0.717, 1.165) is 41.7 Å². The minimum atomic E-state index is -0.0979. The van der Waals surface area contributed by atoms with Gasteiger partial charge in [0.15, 0.2) is 0 Å². The van der Waals surface area contributed by atoms with Gasteiger partial charge in [-0.25, -0.2) is 4.98 Å². The second-order valence-corrected chi connectivity index (χ2v) is 6.64. The van der Waals surface area contributed by atoms with E-state index >= 15 is 0 Å². The van der Waals surface area contributed by atoms with Crippen LogP contribution in [0, 0.1) is 0 Å². The smallest absolute Gasteiger partial charge is 0.243 e. The predicted molar refractivity (Wildman–Crippen MR) is 90.4 cm³/mol. The Balaban J connectivity index is 1.63. The molecule has 1 saturated carbocycles. The van der Waals surface area contributed by atoms with E-state index in [1.165, 1.54) is 6.08 Å². The largest absolute Gasteiger partial charge is 0.366 e. The lowest BCUT2D eigenvalue weighted by Crippen LogP contribution is -2.39. The average molecular weight is 337 g/mol. The summed E-state index contributed by atoms with van der Waals surface area (Å²) < 4.78 is 1.03. The third-order valence-corrected chi connectivity index (χ3v) is 4.96. The van der Waals surface area contributed by atoms with E-state index in [4.69, 9.17) is 11.6 Å². The third kappa shape index (κ3) is 3.39. The van der Waals surface area contributed by atoms with Gasteiger partial charge in [0.25, 0.3) is 0 Å². The molecule has 0 aromatic carbocycles. The van der Waals surface area contributed by atoms with Gasteiger partial charge in [-0.3, -0.25) is 4.79 Å². The highest BCUT2D eigenvalue weighted by atomic mass is 35.5. The first-order valence-electron chi connectivity index (χ1n) is 7.26. The molecule has 1 fully saturated rings. The number of rotatable bonds is 4. The first kappa shape index (κ1) is 15.2. The number of carbonyl (C=O) groups is 1. The average Bonchev–Trinajstić information content (AvgIpc) is 2.97. The van der Waals surface area contributed by atoms with Gasteiger partial charge >= 0.3 is 0 Å². The summed E-state index contributed by atoms with van der Waals surface area (Å²) in [5, 5.41) is 8.69. The molecule has 0 unspecified atom stereocenters. The van der Waals surface area contributed by atoms with Crippen LogP contribution >= 0.6 is 22.9 Å². The number of anilines is 1. The number of fused-ring (bicyclic) bond motifs is 1. The molecular formula is C15H17ClN4OS. The quantitative estimate of drug-likeness (QED) is 0.663. The molecule has 0 saturated heterocycles. The SMILES string of the molecule is C=CC(=O)NC1CCC(Nc2nc(Cl)nc3ccsc23)CC1. The summed E-state index contributed by atoms with van der Waals surface area (Å²) in [5.41, 5.74) is 0.874. The maximum atomic E-state index is 11.3. The van der Waals surface area contributed by atoms with Crippen LogP contribution in [0.15, 0.2) is 24.1 Å². The number of aromatic nitrogens is 2. The molecule has 0 atom stereocenters. The summed E-state index contributed by atoms with van der Waals surface area (Å²) in [6.45, 7) is 3.48. The summed E-state index contributed by atoms with van der Waals surface area (Å²) in [6, 6.07) is 2.52. The highest BCUT2D eigenvalue weighted by molar-refractivity contribution is 7.17. The maximum absolute atomic E-state index is 11.3. The fourth-order valence-electron chi connectivity index (χ4n) is 2.77. The number of hydrogen-bond acceptors (Lipinski definition) is 5. The van der Waals surface area contributed by atoms with Crippen LogP contribution < -0.4 is 10.6 Å². The molecule has 5 nitrogen and oxygen atoms in total. The van der Waals surface area contributed by atoms with Gasteiger partial charge in [0.2, 0.25) is 11.2 Å². The van der Waals surface area contributed by atoms with Crippen molar-refractivity contribution in [1.29, 1.82) is 0 Å². The Morgan fingerprint density at radius 1 is 1.32 bits per heavy atom. The van der Waals surface area contributed by atoms with E-state index in [1.807, 2.05) is 11.4 Å². The molecule has 2 heterocycles. The Labute approximate surface area is 137 Å². The third-order valence-electron chi connectivity index (χ3n) is 3.88. The molecule has 7 heteroatoms. The van der Waals surface area contributed by atoms with Crippen molar-refractivity contribution in [2.75, 3.05) is 5.32 Å². The molecule has 3 rings (SSSR count). The van der Waals surface area contributed by atoms with Gasteiger partial charge in [-0.1, -0.05) is 6.58 Å². The van der Waals surface area contributed by atoms with Crippen LogP contribution in [-0.4, -0.2) is 28.0 Å².